The van der Waals surface area contributed by atoms with E-state index >= 15 is 0 Å². The van der Waals surface area contributed by atoms with Crippen molar-refractivity contribution in [1.82, 2.24) is 0 Å². The number of fused-ring (bicyclic) bond motifs is 3. The molecule has 1 aliphatic carbocycles. The van der Waals surface area contributed by atoms with Crippen molar-refractivity contribution in [3.05, 3.63) is 89.6 Å². The van der Waals surface area contributed by atoms with Gasteiger partial charge in [-0.3, -0.25) is 0 Å². The number of aromatic nitrogens is 1. The SMILES string of the molecule is Cc1ccc2c(oc3c(-c4ccc(C5CCC6(CC5)OCCO6)cc4)c(C#N)ccc32)c1-c1cccc[n+]1C. The third-order valence-corrected chi connectivity index (χ3v) is 8.68. The van der Waals surface area contributed by atoms with Crippen molar-refractivity contribution in [2.24, 2.45) is 7.05 Å². The maximum atomic E-state index is 10.1. The van der Waals surface area contributed by atoms with Gasteiger partial charge in [0, 0.05) is 41.3 Å². The van der Waals surface area contributed by atoms with Crippen LogP contribution in [-0.2, 0) is 16.5 Å². The van der Waals surface area contributed by atoms with Crippen molar-refractivity contribution < 1.29 is 18.5 Å². The third-order valence-electron chi connectivity index (χ3n) is 8.68. The predicted molar refractivity (Wildman–Crippen MR) is 151 cm³/mol. The van der Waals surface area contributed by atoms with Crippen LogP contribution in [-0.4, -0.2) is 19.0 Å². The summed E-state index contributed by atoms with van der Waals surface area (Å²) in [4.78, 5) is 0. The molecule has 1 aliphatic heterocycles. The van der Waals surface area contributed by atoms with E-state index in [0.29, 0.717) is 24.7 Å². The fourth-order valence-corrected chi connectivity index (χ4v) is 6.58. The Kier molecular flexibility index (Phi) is 5.77. The molecular weight excluding hydrogens is 484 g/mol. The Hall–Kier alpha value is -3.98. The van der Waals surface area contributed by atoms with E-state index in [1.54, 1.807) is 0 Å². The molecule has 1 spiro atoms. The van der Waals surface area contributed by atoms with E-state index in [2.05, 4.69) is 79.3 Å². The Morgan fingerprint density at radius 1 is 0.846 bits per heavy atom. The van der Waals surface area contributed by atoms with Crippen LogP contribution in [0, 0.1) is 18.3 Å². The highest BCUT2D eigenvalue weighted by molar-refractivity contribution is 6.14. The van der Waals surface area contributed by atoms with Crippen molar-refractivity contribution in [3.8, 4) is 28.5 Å². The second-order valence-electron chi connectivity index (χ2n) is 10.9. The fourth-order valence-electron chi connectivity index (χ4n) is 6.58. The fraction of sp³-hybridized carbons (Fsp3) is 0.294. The van der Waals surface area contributed by atoms with Crippen LogP contribution < -0.4 is 4.57 Å². The Morgan fingerprint density at radius 3 is 2.23 bits per heavy atom. The number of rotatable bonds is 3. The zero-order chi connectivity index (χ0) is 26.6. The minimum Gasteiger partial charge on any atom is -0.454 e. The van der Waals surface area contributed by atoms with E-state index in [1.165, 1.54) is 5.56 Å². The molecule has 5 nitrogen and oxygen atoms in total. The van der Waals surface area contributed by atoms with Crippen molar-refractivity contribution >= 4 is 21.9 Å². The smallest absolute Gasteiger partial charge is 0.216 e. The van der Waals surface area contributed by atoms with E-state index in [0.717, 1.165) is 75.6 Å². The number of aryl methyl sites for hydroxylation is 2. The molecule has 0 atom stereocenters. The van der Waals surface area contributed by atoms with Gasteiger partial charge in [0.25, 0.3) is 0 Å². The summed E-state index contributed by atoms with van der Waals surface area (Å²) in [5.41, 5.74) is 8.74. The number of hydrogen-bond acceptors (Lipinski definition) is 4. The van der Waals surface area contributed by atoms with E-state index in [9.17, 15) is 5.26 Å². The number of pyridine rings is 1. The highest BCUT2D eigenvalue weighted by Crippen LogP contribution is 2.44. The first-order valence-corrected chi connectivity index (χ1v) is 13.8. The summed E-state index contributed by atoms with van der Waals surface area (Å²) in [5, 5.41) is 12.2. The number of hydrogen-bond donors (Lipinski definition) is 0. The molecule has 7 rings (SSSR count). The van der Waals surface area contributed by atoms with Gasteiger partial charge in [-0.25, -0.2) is 4.57 Å². The molecule has 5 aromatic rings. The monoisotopic (exact) mass is 515 g/mol. The lowest BCUT2D eigenvalue weighted by Gasteiger charge is -2.35. The Labute approximate surface area is 228 Å². The van der Waals surface area contributed by atoms with Crippen LogP contribution in [0.25, 0.3) is 44.3 Å². The average molecular weight is 516 g/mol. The van der Waals surface area contributed by atoms with Crippen LogP contribution >= 0.6 is 0 Å². The molecule has 0 unspecified atom stereocenters. The standard InChI is InChI=1S/C34H31N2O3/c1-22-6-12-27-28-13-11-26(21-35)31(33(28)39-32(27)30(22)29-5-3-4-18-36(29)2)25-9-7-23(8-10-25)24-14-16-34(17-15-24)37-19-20-38-34/h3-13,18,24H,14-17,19-20H2,1-2H3/q+1. The zero-order valence-electron chi connectivity index (χ0n) is 22.4. The van der Waals surface area contributed by atoms with Crippen LogP contribution in [0.5, 0.6) is 0 Å². The average Bonchev–Trinajstić information content (AvgIpc) is 3.58. The van der Waals surface area contributed by atoms with Crippen molar-refractivity contribution in [1.29, 1.82) is 5.26 Å². The first-order chi connectivity index (χ1) is 19.1. The molecule has 0 amide bonds. The van der Waals surface area contributed by atoms with Gasteiger partial charge in [0.1, 0.15) is 18.2 Å². The minimum absolute atomic E-state index is 0.344. The van der Waals surface area contributed by atoms with Crippen molar-refractivity contribution in [3.63, 3.8) is 0 Å². The van der Waals surface area contributed by atoms with Crippen LogP contribution in [0.2, 0.25) is 0 Å². The highest BCUT2D eigenvalue weighted by Gasteiger charge is 2.40. The van der Waals surface area contributed by atoms with Crippen LogP contribution in [0.4, 0.5) is 0 Å². The number of furan rings is 1. The maximum Gasteiger partial charge on any atom is 0.216 e. The number of benzene rings is 3. The Balaban J connectivity index is 1.32. The quantitative estimate of drug-likeness (QED) is 0.236. The third kappa shape index (κ3) is 3.95. The van der Waals surface area contributed by atoms with E-state index in [-0.39, 0.29) is 5.79 Å². The molecule has 0 N–H and O–H groups in total. The van der Waals surface area contributed by atoms with Gasteiger partial charge < -0.3 is 13.9 Å². The molecule has 0 radical (unpaired) electrons. The molecule has 3 aromatic carbocycles. The highest BCUT2D eigenvalue weighted by atomic mass is 16.7. The zero-order valence-corrected chi connectivity index (χ0v) is 22.4. The lowest BCUT2D eigenvalue weighted by molar-refractivity contribution is -0.660. The second kappa shape index (κ2) is 9.34. The Bertz CT molecular complexity index is 1740. The molecule has 194 valence electrons. The number of nitrogens with zero attached hydrogens (tertiary/aromatic N) is 2. The summed E-state index contributed by atoms with van der Waals surface area (Å²) in [6.07, 6.45) is 6.05. The topological polar surface area (TPSA) is 59.3 Å². The summed E-state index contributed by atoms with van der Waals surface area (Å²) in [5.74, 6) is 0.148. The lowest BCUT2D eigenvalue weighted by Crippen LogP contribution is -2.34. The summed E-state index contributed by atoms with van der Waals surface area (Å²) >= 11 is 0. The van der Waals surface area contributed by atoms with Crippen molar-refractivity contribution in [2.75, 3.05) is 13.2 Å². The number of nitriles is 1. The summed E-state index contributed by atoms with van der Waals surface area (Å²) in [7, 11) is 2.05. The molecule has 2 aromatic heterocycles. The van der Waals surface area contributed by atoms with E-state index < -0.39 is 0 Å². The van der Waals surface area contributed by atoms with E-state index in [1.807, 2.05) is 18.2 Å². The molecule has 1 saturated carbocycles. The molecule has 2 aliphatic rings. The molecule has 2 fully saturated rings. The largest absolute Gasteiger partial charge is 0.454 e. The van der Waals surface area contributed by atoms with Gasteiger partial charge in [-0.2, -0.15) is 5.26 Å². The molecule has 1 saturated heterocycles. The van der Waals surface area contributed by atoms with Gasteiger partial charge in [0.2, 0.25) is 5.69 Å². The molecule has 3 heterocycles. The van der Waals surface area contributed by atoms with Gasteiger partial charge in [-0.05, 0) is 60.6 Å². The van der Waals surface area contributed by atoms with Gasteiger partial charge in [-0.15, -0.1) is 0 Å². The lowest BCUT2D eigenvalue weighted by atomic mass is 9.80. The van der Waals surface area contributed by atoms with Gasteiger partial charge >= 0.3 is 0 Å². The summed E-state index contributed by atoms with van der Waals surface area (Å²) in [6.45, 7) is 3.53. The normalized spacial score (nSPS) is 17.3. The molecule has 39 heavy (non-hydrogen) atoms. The van der Waals surface area contributed by atoms with Crippen LogP contribution in [0.3, 0.4) is 0 Å². The van der Waals surface area contributed by atoms with E-state index in [4.69, 9.17) is 13.9 Å². The first-order valence-electron chi connectivity index (χ1n) is 13.8. The summed E-state index contributed by atoms with van der Waals surface area (Å²) < 4.78 is 20.7. The van der Waals surface area contributed by atoms with Gasteiger partial charge in [0.15, 0.2) is 12.0 Å². The maximum absolute atomic E-state index is 10.1. The van der Waals surface area contributed by atoms with Gasteiger partial charge in [-0.1, -0.05) is 36.4 Å². The predicted octanol–water partition coefficient (Wildman–Crippen LogP) is 7.33. The molecular formula is C34H31N2O3+. The molecule has 5 heteroatoms. The van der Waals surface area contributed by atoms with Crippen LogP contribution in [0.15, 0.2) is 77.3 Å². The molecule has 0 bridgehead atoms. The van der Waals surface area contributed by atoms with Crippen molar-refractivity contribution in [2.45, 2.75) is 44.3 Å². The minimum atomic E-state index is -0.344. The Morgan fingerprint density at radius 2 is 1.54 bits per heavy atom. The van der Waals surface area contributed by atoms with Gasteiger partial charge in [0.05, 0.1) is 30.4 Å². The second-order valence-corrected chi connectivity index (χ2v) is 10.9. The summed E-state index contributed by atoms with van der Waals surface area (Å²) in [6, 6.07) is 25.6. The first kappa shape index (κ1) is 24.1. The number of ether oxygens (including phenoxy) is 2. The van der Waals surface area contributed by atoms with Crippen LogP contribution in [0.1, 0.15) is 48.3 Å².